The maximum atomic E-state index is 12.9. The summed E-state index contributed by atoms with van der Waals surface area (Å²) in [6, 6.07) is 20.0. The Hall–Kier alpha value is -3.52. The van der Waals surface area contributed by atoms with Gasteiger partial charge >= 0.3 is 11.8 Å². The molecule has 0 aliphatic rings. The molecule has 0 bridgehead atoms. The average Bonchev–Trinajstić information content (AvgIpc) is 2.74. The molecule has 0 heterocycles. The number of para-hydroxylation sites is 1. The minimum absolute atomic E-state index is 0.298. The summed E-state index contributed by atoms with van der Waals surface area (Å²) in [7, 11) is 0. The Morgan fingerprint density at radius 3 is 2.53 bits per heavy atom. The van der Waals surface area contributed by atoms with Crippen molar-refractivity contribution in [2.45, 2.75) is 6.61 Å². The molecule has 30 heavy (non-hydrogen) atoms. The number of hydrazone groups is 1. The van der Waals surface area contributed by atoms with E-state index in [4.69, 9.17) is 4.74 Å². The number of anilines is 1. The van der Waals surface area contributed by atoms with Crippen molar-refractivity contribution in [3.8, 4) is 5.75 Å². The van der Waals surface area contributed by atoms with Crippen LogP contribution in [0.15, 0.2) is 82.4 Å². The molecular weight excluding hydrogens is 453 g/mol. The lowest BCUT2D eigenvalue weighted by Crippen LogP contribution is -2.32. The molecule has 0 radical (unpaired) electrons. The molecule has 3 rings (SSSR count). The van der Waals surface area contributed by atoms with Crippen molar-refractivity contribution in [2.75, 3.05) is 5.32 Å². The number of benzene rings is 3. The van der Waals surface area contributed by atoms with Crippen LogP contribution < -0.4 is 15.5 Å². The minimum atomic E-state index is -0.955. The summed E-state index contributed by atoms with van der Waals surface area (Å²) in [5.74, 6) is -1.74. The van der Waals surface area contributed by atoms with Crippen molar-refractivity contribution in [2.24, 2.45) is 5.10 Å². The van der Waals surface area contributed by atoms with Gasteiger partial charge in [-0.25, -0.2) is 9.82 Å². The quantitative estimate of drug-likeness (QED) is 0.321. The Balaban J connectivity index is 1.57. The van der Waals surface area contributed by atoms with Crippen LogP contribution in [0.3, 0.4) is 0 Å². The molecule has 0 fully saturated rings. The zero-order valence-corrected chi connectivity index (χ0v) is 17.2. The van der Waals surface area contributed by atoms with Crippen molar-refractivity contribution in [3.05, 3.63) is 94.2 Å². The summed E-state index contributed by atoms with van der Waals surface area (Å²) in [6.07, 6.45) is 1.39. The molecule has 8 heteroatoms. The molecular formula is C22H17BrFN3O3. The Morgan fingerprint density at radius 2 is 1.77 bits per heavy atom. The predicted octanol–water partition coefficient (Wildman–Crippen LogP) is 4.26. The minimum Gasteiger partial charge on any atom is -0.488 e. The first-order chi connectivity index (χ1) is 14.5. The third-order valence-corrected chi connectivity index (χ3v) is 4.37. The topological polar surface area (TPSA) is 79.8 Å². The smallest absolute Gasteiger partial charge is 0.329 e. The number of hydrogen-bond acceptors (Lipinski definition) is 4. The lowest BCUT2D eigenvalue weighted by molar-refractivity contribution is -0.136. The van der Waals surface area contributed by atoms with Crippen LogP contribution in [0.5, 0.6) is 5.75 Å². The largest absolute Gasteiger partial charge is 0.488 e. The second-order valence-corrected chi connectivity index (χ2v) is 7.03. The van der Waals surface area contributed by atoms with E-state index in [0.717, 1.165) is 10.0 Å². The van der Waals surface area contributed by atoms with E-state index in [1.54, 1.807) is 18.2 Å². The zero-order chi connectivity index (χ0) is 21.3. The van der Waals surface area contributed by atoms with E-state index in [2.05, 4.69) is 31.8 Å². The lowest BCUT2D eigenvalue weighted by Gasteiger charge is -2.09. The molecule has 0 atom stereocenters. The molecule has 152 valence electrons. The van der Waals surface area contributed by atoms with E-state index in [9.17, 15) is 14.0 Å². The van der Waals surface area contributed by atoms with E-state index >= 15 is 0 Å². The van der Waals surface area contributed by atoms with Gasteiger partial charge in [0.15, 0.2) is 0 Å². The monoisotopic (exact) mass is 469 g/mol. The van der Waals surface area contributed by atoms with Crippen LogP contribution in [0.1, 0.15) is 11.1 Å². The number of nitrogens with one attached hydrogen (secondary N) is 2. The summed E-state index contributed by atoms with van der Waals surface area (Å²) in [5.41, 5.74) is 4.07. The Kier molecular flexibility index (Phi) is 7.29. The van der Waals surface area contributed by atoms with Crippen LogP contribution in [-0.2, 0) is 16.2 Å². The van der Waals surface area contributed by atoms with Gasteiger partial charge in [-0.05, 0) is 54.1 Å². The number of ether oxygens (including phenoxy) is 1. The molecule has 2 N–H and O–H groups in total. The maximum absolute atomic E-state index is 12.9. The fourth-order valence-electron chi connectivity index (χ4n) is 2.44. The highest BCUT2D eigenvalue weighted by Crippen LogP contribution is 2.19. The van der Waals surface area contributed by atoms with Crippen LogP contribution in [0.2, 0.25) is 0 Å². The Labute approximate surface area is 180 Å². The molecule has 0 saturated carbocycles. The van der Waals surface area contributed by atoms with E-state index in [1.807, 2.05) is 30.3 Å². The van der Waals surface area contributed by atoms with Gasteiger partial charge in [-0.2, -0.15) is 5.10 Å². The third kappa shape index (κ3) is 6.25. The number of halogens is 2. The number of carbonyl (C=O) groups is 2. The highest BCUT2D eigenvalue weighted by molar-refractivity contribution is 9.10. The van der Waals surface area contributed by atoms with Crippen LogP contribution in [0, 0.1) is 5.82 Å². The molecule has 0 aliphatic heterocycles. The van der Waals surface area contributed by atoms with Gasteiger partial charge in [-0.15, -0.1) is 0 Å². The average molecular weight is 470 g/mol. The van der Waals surface area contributed by atoms with Crippen molar-refractivity contribution in [1.82, 2.24) is 5.43 Å². The van der Waals surface area contributed by atoms with Gasteiger partial charge in [0.1, 0.15) is 18.2 Å². The molecule has 6 nitrogen and oxygen atoms in total. The SMILES string of the molecule is O=C(NN=Cc1ccccc1OCc1cccc(Br)c1)C(=O)Nc1ccc(F)cc1. The molecule has 0 saturated heterocycles. The molecule has 0 unspecified atom stereocenters. The van der Waals surface area contributed by atoms with E-state index in [0.29, 0.717) is 23.6 Å². The maximum Gasteiger partial charge on any atom is 0.329 e. The number of rotatable bonds is 6. The highest BCUT2D eigenvalue weighted by Gasteiger charge is 2.13. The van der Waals surface area contributed by atoms with Crippen molar-refractivity contribution in [3.63, 3.8) is 0 Å². The van der Waals surface area contributed by atoms with Gasteiger partial charge < -0.3 is 10.1 Å². The van der Waals surface area contributed by atoms with E-state index in [-0.39, 0.29) is 0 Å². The number of nitrogens with zero attached hydrogens (tertiary/aromatic N) is 1. The van der Waals surface area contributed by atoms with Crippen molar-refractivity contribution in [1.29, 1.82) is 0 Å². The Bertz CT molecular complexity index is 1070. The van der Waals surface area contributed by atoms with Gasteiger partial charge in [0.25, 0.3) is 0 Å². The molecule has 0 aliphatic carbocycles. The fourth-order valence-corrected chi connectivity index (χ4v) is 2.89. The van der Waals surface area contributed by atoms with Gasteiger partial charge in [0.05, 0.1) is 6.21 Å². The van der Waals surface area contributed by atoms with Crippen molar-refractivity contribution >= 4 is 39.6 Å². The highest BCUT2D eigenvalue weighted by atomic mass is 79.9. The fraction of sp³-hybridized carbons (Fsp3) is 0.0455. The summed E-state index contributed by atoms with van der Waals surface area (Å²) >= 11 is 3.42. The van der Waals surface area contributed by atoms with Crippen molar-refractivity contribution < 1.29 is 18.7 Å². The number of carbonyl (C=O) groups excluding carboxylic acids is 2. The first-order valence-corrected chi connectivity index (χ1v) is 9.67. The Morgan fingerprint density at radius 1 is 1.00 bits per heavy atom. The summed E-state index contributed by atoms with van der Waals surface area (Å²) in [6.45, 7) is 0.358. The molecule has 3 aromatic carbocycles. The van der Waals surface area contributed by atoms with Crippen LogP contribution in [0.25, 0.3) is 0 Å². The third-order valence-electron chi connectivity index (χ3n) is 3.88. The van der Waals surface area contributed by atoms with Crippen LogP contribution in [-0.4, -0.2) is 18.0 Å². The second kappa shape index (κ2) is 10.3. The molecule has 2 amide bonds. The molecule has 3 aromatic rings. The molecule has 0 spiro atoms. The first-order valence-electron chi connectivity index (χ1n) is 8.87. The summed E-state index contributed by atoms with van der Waals surface area (Å²) in [5, 5.41) is 6.17. The first kappa shape index (κ1) is 21.2. The lowest BCUT2D eigenvalue weighted by atomic mass is 10.2. The summed E-state index contributed by atoms with van der Waals surface area (Å²) < 4.78 is 19.7. The zero-order valence-electron chi connectivity index (χ0n) is 15.6. The summed E-state index contributed by atoms with van der Waals surface area (Å²) in [4.78, 5) is 23.8. The van der Waals surface area contributed by atoms with Crippen LogP contribution in [0.4, 0.5) is 10.1 Å². The van der Waals surface area contributed by atoms with E-state index in [1.165, 1.54) is 30.5 Å². The predicted molar refractivity (Wildman–Crippen MR) is 116 cm³/mol. The van der Waals surface area contributed by atoms with Crippen LogP contribution >= 0.6 is 15.9 Å². The van der Waals surface area contributed by atoms with Gasteiger partial charge in [0, 0.05) is 15.7 Å². The number of amides is 2. The molecule has 0 aromatic heterocycles. The van der Waals surface area contributed by atoms with E-state index < -0.39 is 17.6 Å². The van der Waals surface area contributed by atoms with Gasteiger partial charge in [0.2, 0.25) is 0 Å². The number of hydrogen-bond donors (Lipinski definition) is 2. The van der Waals surface area contributed by atoms with Gasteiger partial charge in [-0.3, -0.25) is 9.59 Å². The normalized spacial score (nSPS) is 10.6. The second-order valence-electron chi connectivity index (χ2n) is 6.12. The van der Waals surface area contributed by atoms with Gasteiger partial charge in [-0.1, -0.05) is 40.2 Å². The standard InChI is InChI=1S/C22H17BrFN3O3/c23-17-6-3-4-15(12-17)14-30-20-7-2-1-5-16(20)13-25-27-22(29)21(28)26-19-10-8-18(24)9-11-19/h1-13H,14H2,(H,26,28)(H,27,29).